The first-order chi connectivity index (χ1) is 15.5. The molecule has 0 bridgehead atoms. The second kappa shape index (κ2) is 9.77. The number of hydrogen-bond donors (Lipinski definition) is 1. The molecule has 1 fully saturated rings. The number of carbonyl (C=O) groups excluding carboxylic acids is 1. The van der Waals surface area contributed by atoms with Gasteiger partial charge in [0.2, 0.25) is 5.91 Å². The molecule has 0 radical (unpaired) electrons. The van der Waals surface area contributed by atoms with E-state index in [-0.39, 0.29) is 11.9 Å². The van der Waals surface area contributed by atoms with Crippen LogP contribution >= 0.6 is 0 Å². The standard InChI is InChI=1S/C25H34N6O/c1-5-12-27-25(32)11-10-20-18(3)28-24-15-21(29-31(24)19(20)4)23-9-7-14-30(23)16-22-17(2)8-6-13-26-22/h6,8,13,15,23H,5,7,9-12,14,16H2,1-4H3,(H,27,32)/t23-/m0/s1. The van der Waals surface area contributed by atoms with E-state index < -0.39 is 0 Å². The predicted octanol–water partition coefficient (Wildman–Crippen LogP) is 3.85. The first-order valence-electron chi connectivity index (χ1n) is 11.7. The highest BCUT2D eigenvalue weighted by atomic mass is 16.1. The van der Waals surface area contributed by atoms with Gasteiger partial charge in [0.25, 0.3) is 0 Å². The van der Waals surface area contributed by atoms with Gasteiger partial charge >= 0.3 is 0 Å². The van der Waals surface area contributed by atoms with Gasteiger partial charge in [0.1, 0.15) is 0 Å². The molecule has 1 atom stereocenters. The molecular weight excluding hydrogens is 400 g/mol. The summed E-state index contributed by atoms with van der Waals surface area (Å²) in [5.74, 6) is 0.0957. The minimum absolute atomic E-state index is 0.0957. The molecule has 1 saturated heterocycles. The van der Waals surface area contributed by atoms with Crippen molar-refractivity contribution in [1.82, 2.24) is 29.8 Å². The largest absolute Gasteiger partial charge is 0.356 e. The average Bonchev–Trinajstić information content (AvgIpc) is 3.40. The van der Waals surface area contributed by atoms with E-state index in [4.69, 9.17) is 10.1 Å². The minimum Gasteiger partial charge on any atom is -0.356 e. The number of fused-ring (bicyclic) bond motifs is 1. The topological polar surface area (TPSA) is 75.4 Å². The van der Waals surface area contributed by atoms with Crippen LogP contribution in [0.5, 0.6) is 0 Å². The average molecular weight is 435 g/mol. The Morgan fingerprint density at radius 1 is 1.28 bits per heavy atom. The molecular formula is C25H34N6O. The van der Waals surface area contributed by atoms with Crippen LogP contribution < -0.4 is 5.32 Å². The van der Waals surface area contributed by atoms with E-state index in [1.165, 1.54) is 5.56 Å². The third-order valence-corrected chi connectivity index (χ3v) is 6.53. The number of aromatic nitrogens is 4. The van der Waals surface area contributed by atoms with E-state index in [1.54, 1.807) is 0 Å². The van der Waals surface area contributed by atoms with Crippen LogP contribution in [0.3, 0.4) is 0 Å². The summed E-state index contributed by atoms with van der Waals surface area (Å²) in [6, 6.07) is 6.52. The van der Waals surface area contributed by atoms with E-state index in [0.29, 0.717) is 12.8 Å². The molecule has 0 spiro atoms. The van der Waals surface area contributed by atoms with E-state index in [9.17, 15) is 4.79 Å². The van der Waals surface area contributed by atoms with Crippen LogP contribution in [0.15, 0.2) is 24.4 Å². The lowest BCUT2D eigenvalue weighted by atomic mass is 10.1. The number of aryl methyl sites for hydroxylation is 3. The molecule has 3 aromatic rings. The molecule has 7 heteroatoms. The molecule has 170 valence electrons. The van der Waals surface area contributed by atoms with Gasteiger partial charge in [-0.1, -0.05) is 13.0 Å². The smallest absolute Gasteiger partial charge is 0.220 e. The predicted molar refractivity (Wildman–Crippen MR) is 125 cm³/mol. The summed E-state index contributed by atoms with van der Waals surface area (Å²) >= 11 is 0. The number of pyridine rings is 1. The van der Waals surface area contributed by atoms with Crippen LogP contribution in [0, 0.1) is 20.8 Å². The minimum atomic E-state index is 0.0957. The summed E-state index contributed by atoms with van der Waals surface area (Å²) in [6.07, 6.45) is 6.23. The lowest BCUT2D eigenvalue weighted by Crippen LogP contribution is -2.24. The van der Waals surface area contributed by atoms with E-state index in [0.717, 1.165) is 72.9 Å². The fraction of sp³-hybridized carbons (Fsp3) is 0.520. The van der Waals surface area contributed by atoms with Crippen LogP contribution in [0.2, 0.25) is 0 Å². The van der Waals surface area contributed by atoms with Crippen molar-refractivity contribution in [3.63, 3.8) is 0 Å². The Morgan fingerprint density at radius 3 is 2.91 bits per heavy atom. The fourth-order valence-corrected chi connectivity index (χ4v) is 4.69. The SMILES string of the molecule is CCCNC(=O)CCc1c(C)nc2cc([C@@H]3CCCN3Cc3ncccc3C)nn2c1C. The summed E-state index contributed by atoms with van der Waals surface area (Å²) in [4.78, 5) is 24.0. The van der Waals surface area contributed by atoms with Crippen LogP contribution in [0.4, 0.5) is 0 Å². The molecule has 1 N–H and O–H groups in total. The summed E-state index contributed by atoms with van der Waals surface area (Å²) in [5, 5.41) is 7.93. The summed E-state index contributed by atoms with van der Waals surface area (Å²) in [7, 11) is 0. The Balaban J connectivity index is 1.56. The van der Waals surface area contributed by atoms with Gasteiger partial charge in [-0.2, -0.15) is 5.10 Å². The zero-order chi connectivity index (χ0) is 22.7. The van der Waals surface area contributed by atoms with Crippen molar-refractivity contribution in [2.75, 3.05) is 13.1 Å². The third-order valence-electron chi connectivity index (χ3n) is 6.53. The molecule has 1 amide bonds. The number of nitrogens with one attached hydrogen (secondary N) is 1. The number of likely N-dealkylation sites (tertiary alicyclic amines) is 1. The molecule has 1 aliphatic rings. The van der Waals surface area contributed by atoms with Gasteiger partial charge in [0.15, 0.2) is 5.65 Å². The zero-order valence-electron chi connectivity index (χ0n) is 19.7. The highest BCUT2D eigenvalue weighted by Crippen LogP contribution is 2.33. The second-order valence-corrected chi connectivity index (χ2v) is 8.85. The van der Waals surface area contributed by atoms with Crippen molar-refractivity contribution >= 4 is 11.6 Å². The van der Waals surface area contributed by atoms with Crippen molar-refractivity contribution in [2.24, 2.45) is 0 Å². The van der Waals surface area contributed by atoms with Crippen LogP contribution in [-0.2, 0) is 17.8 Å². The number of amides is 1. The molecule has 0 aliphatic carbocycles. The van der Waals surface area contributed by atoms with E-state index in [2.05, 4.69) is 48.1 Å². The molecule has 3 aromatic heterocycles. The monoisotopic (exact) mass is 434 g/mol. The van der Waals surface area contributed by atoms with Crippen molar-refractivity contribution in [3.05, 3.63) is 58.3 Å². The zero-order valence-corrected chi connectivity index (χ0v) is 19.7. The van der Waals surface area contributed by atoms with Gasteiger partial charge in [0, 0.05) is 43.2 Å². The van der Waals surface area contributed by atoms with E-state index >= 15 is 0 Å². The second-order valence-electron chi connectivity index (χ2n) is 8.85. The first-order valence-corrected chi connectivity index (χ1v) is 11.7. The highest BCUT2D eigenvalue weighted by molar-refractivity contribution is 5.76. The number of hydrogen-bond acceptors (Lipinski definition) is 5. The van der Waals surface area contributed by atoms with Gasteiger partial charge in [-0.25, -0.2) is 9.50 Å². The summed E-state index contributed by atoms with van der Waals surface area (Å²) in [6.45, 7) is 10.9. The first kappa shape index (κ1) is 22.4. The van der Waals surface area contributed by atoms with Crippen molar-refractivity contribution in [1.29, 1.82) is 0 Å². The Kier molecular flexibility index (Phi) is 6.84. The number of nitrogens with zero attached hydrogens (tertiary/aromatic N) is 5. The Labute approximate surface area is 190 Å². The van der Waals surface area contributed by atoms with Crippen LogP contribution in [-0.4, -0.2) is 43.5 Å². The Hall–Kier alpha value is -2.80. The Morgan fingerprint density at radius 2 is 2.12 bits per heavy atom. The highest BCUT2D eigenvalue weighted by Gasteiger charge is 2.29. The fourth-order valence-electron chi connectivity index (χ4n) is 4.69. The van der Waals surface area contributed by atoms with Gasteiger partial charge in [0.05, 0.1) is 17.4 Å². The summed E-state index contributed by atoms with van der Waals surface area (Å²) < 4.78 is 1.96. The van der Waals surface area contributed by atoms with Crippen LogP contribution in [0.25, 0.3) is 5.65 Å². The maximum absolute atomic E-state index is 12.1. The molecule has 1 aliphatic heterocycles. The molecule has 0 aromatic carbocycles. The number of rotatable bonds is 8. The lowest BCUT2D eigenvalue weighted by molar-refractivity contribution is -0.121. The van der Waals surface area contributed by atoms with Crippen LogP contribution in [0.1, 0.15) is 72.6 Å². The van der Waals surface area contributed by atoms with Crippen molar-refractivity contribution < 1.29 is 4.79 Å². The molecule has 0 unspecified atom stereocenters. The lowest BCUT2D eigenvalue weighted by Gasteiger charge is -2.23. The maximum atomic E-state index is 12.1. The van der Waals surface area contributed by atoms with Gasteiger partial charge in [-0.15, -0.1) is 0 Å². The summed E-state index contributed by atoms with van der Waals surface area (Å²) in [5.41, 5.74) is 7.50. The molecule has 7 nitrogen and oxygen atoms in total. The van der Waals surface area contributed by atoms with Gasteiger partial charge in [-0.3, -0.25) is 14.7 Å². The van der Waals surface area contributed by atoms with Crippen molar-refractivity contribution in [2.45, 2.75) is 72.4 Å². The van der Waals surface area contributed by atoms with Gasteiger partial charge in [-0.05, 0) is 70.2 Å². The van der Waals surface area contributed by atoms with Crippen molar-refractivity contribution in [3.8, 4) is 0 Å². The normalized spacial score (nSPS) is 16.7. The maximum Gasteiger partial charge on any atom is 0.220 e. The van der Waals surface area contributed by atoms with Gasteiger partial charge < -0.3 is 5.32 Å². The molecule has 4 heterocycles. The van der Waals surface area contributed by atoms with E-state index in [1.807, 2.05) is 23.7 Å². The number of carbonyl (C=O) groups is 1. The third kappa shape index (κ3) is 4.67. The molecule has 0 saturated carbocycles. The molecule has 32 heavy (non-hydrogen) atoms. The quantitative estimate of drug-likeness (QED) is 0.583. The molecule has 4 rings (SSSR count). The Bertz CT molecular complexity index is 1110.